The first-order chi connectivity index (χ1) is 7.35. The molecule has 0 amide bonds. The molecule has 0 bridgehead atoms. The van der Waals surface area contributed by atoms with Crippen LogP contribution in [0.2, 0.25) is 0 Å². The minimum absolute atomic E-state index is 0.0220. The van der Waals surface area contributed by atoms with Gasteiger partial charge >= 0.3 is 5.51 Å². The summed E-state index contributed by atoms with van der Waals surface area (Å²) < 4.78 is 37.4. The predicted molar refractivity (Wildman–Crippen MR) is 65.7 cm³/mol. The molecule has 16 heavy (non-hydrogen) atoms. The van der Waals surface area contributed by atoms with Gasteiger partial charge in [-0.2, -0.15) is 13.2 Å². The summed E-state index contributed by atoms with van der Waals surface area (Å²) in [6.07, 6.45) is 0.200. The van der Waals surface area contributed by atoms with Crippen LogP contribution in [0.5, 0.6) is 0 Å². The van der Waals surface area contributed by atoms with Gasteiger partial charge < -0.3 is 0 Å². The summed E-state index contributed by atoms with van der Waals surface area (Å²) in [6, 6.07) is 4.47. The number of hydrogen-bond donors (Lipinski definition) is 0. The quantitative estimate of drug-likeness (QED) is 0.449. The lowest BCUT2D eigenvalue weighted by Gasteiger charge is -2.11. The van der Waals surface area contributed by atoms with Gasteiger partial charge in [0.15, 0.2) is 5.78 Å². The zero-order valence-electron chi connectivity index (χ0n) is 8.27. The maximum atomic E-state index is 12.3. The lowest BCUT2D eigenvalue weighted by atomic mass is 10.1. The number of alkyl halides is 3. The highest BCUT2D eigenvalue weighted by molar-refractivity contribution is 14.1. The Morgan fingerprint density at radius 2 is 2.06 bits per heavy atom. The second-order valence-corrected chi connectivity index (χ2v) is 5.21. The van der Waals surface area contributed by atoms with Crippen LogP contribution in [0.15, 0.2) is 23.1 Å². The smallest absolute Gasteiger partial charge is 0.294 e. The van der Waals surface area contributed by atoms with Crippen molar-refractivity contribution >= 4 is 40.1 Å². The van der Waals surface area contributed by atoms with Gasteiger partial charge in [-0.1, -0.05) is 13.0 Å². The number of thioether (sulfide) groups is 1. The summed E-state index contributed by atoms with van der Waals surface area (Å²) in [6.45, 7) is 1.63. The molecule has 0 saturated heterocycles. The van der Waals surface area contributed by atoms with Crippen molar-refractivity contribution in [1.29, 1.82) is 0 Å². The molecule has 0 fully saturated rings. The van der Waals surface area contributed by atoms with E-state index in [1.54, 1.807) is 13.0 Å². The minimum atomic E-state index is -4.37. The summed E-state index contributed by atoms with van der Waals surface area (Å²) in [4.78, 5) is 11.5. The van der Waals surface area contributed by atoms with E-state index < -0.39 is 5.51 Å². The molecule has 1 aromatic carbocycles. The zero-order valence-corrected chi connectivity index (χ0v) is 11.2. The van der Waals surface area contributed by atoms with Crippen LogP contribution in [0.25, 0.3) is 0 Å². The molecule has 1 aromatic rings. The Hall–Kier alpha value is -0.240. The van der Waals surface area contributed by atoms with Crippen LogP contribution in [0, 0.1) is 3.57 Å². The molecule has 0 heterocycles. The minimum Gasteiger partial charge on any atom is -0.294 e. The van der Waals surface area contributed by atoms with E-state index in [-0.39, 0.29) is 34.4 Å². The average molecular weight is 360 g/mol. The van der Waals surface area contributed by atoms with E-state index in [2.05, 4.69) is 0 Å². The van der Waals surface area contributed by atoms with Crippen molar-refractivity contribution in [3.8, 4) is 0 Å². The van der Waals surface area contributed by atoms with Crippen molar-refractivity contribution < 1.29 is 18.0 Å². The average Bonchev–Trinajstić information content (AvgIpc) is 2.14. The fourth-order valence-corrected chi connectivity index (χ4v) is 2.87. The van der Waals surface area contributed by atoms with Gasteiger partial charge in [0.25, 0.3) is 0 Å². The molecule has 1 rings (SSSR count). The van der Waals surface area contributed by atoms with E-state index in [0.717, 1.165) is 0 Å². The Kier molecular flexibility index (Phi) is 4.66. The van der Waals surface area contributed by atoms with Crippen LogP contribution in [0.3, 0.4) is 0 Å². The number of halogens is 4. The van der Waals surface area contributed by atoms with Crippen LogP contribution in [-0.2, 0) is 0 Å². The Labute approximate surface area is 109 Å². The summed E-state index contributed by atoms with van der Waals surface area (Å²) in [5, 5.41) is 0. The summed E-state index contributed by atoms with van der Waals surface area (Å²) >= 11 is 1.63. The largest absolute Gasteiger partial charge is 0.446 e. The van der Waals surface area contributed by atoms with Gasteiger partial charge in [0.05, 0.1) is 0 Å². The second-order valence-electron chi connectivity index (χ2n) is 2.94. The number of rotatable bonds is 3. The lowest BCUT2D eigenvalue weighted by Crippen LogP contribution is -2.06. The number of carbonyl (C=O) groups is 1. The summed E-state index contributed by atoms with van der Waals surface area (Å²) in [7, 11) is 0. The van der Waals surface area contributed by atoms with Crippen LogP contribution >= 0.6 is 34.4 Å². The maximum absolute atomic E-state index is 12.3. The van der Waals surface area contributed by atoms with E-state index in [0.29, 0.717) is 3.57 Å². The van der Waals surface area contributed by atoms with Crippen molar-refractivity contribution in [2.45, 2.75) is 23.7 Å². The molecular formula is C10H8F3IOS. The van der Waals surface area contributed by atoms with Crippen LogP contribution < -0.4 is 0 Å². The molecule has 0 aliphatic carbocycles. The first kappa shape index (κ1) is 13.8. The van der Waals surface area contributed by atoms with E-state index in [1.807, 2.05) is 22.6 Å². The Morgan fingerprint density at radius 3 is 2.56 bits per heavy atom. The number of benzene rings is 1. The fraction of sp³-hybridized carbons (Fsp3) is 0.300. The molecule has 0 spiro atoms. The number of Topliss-reactive ketones (excluding diaryl/α,β-unsaturated/α-hetero) is 1. The Balaban J connectivity index is 3.18. The topological polar surface area (TPSA) is 17.1 Å². The molecule has 0 aliphatic rings. The molecule has 6 heteroatoms. The summed E-state index contributed by atoms with van der Waals surface area (Å²) in [5.74, 6) is -0.267. The van der Waals surface area contributed by atoms with Gasteiger partial charge in [0, 0.05) is 20.4 Å². The van der Waals surface area contributed by atoms with Gasteiger partial charge in [0.2, 0.25) is 0 Å². The number of carbonyl (C=O) groups excluding carboxylic acids is 1. The van der Waals surface area contributed by atoms with Crippen LogP contribution in [0.4, 0.5) is 13.2 Å². The summed E-state index contributed by atoms with van der Waals surface area (Å²) in [5.41, 5.74) is -4.19. The molecular weight excluding hydrogens is 352 g/mol. The van der Waals surface area contributed by atoms with Gasteiger partial charge in [-0.3, -0.25) is 4.79 Å². The lowest BCUT2D eigenvalue weighted by molar-refractivity contribution is -0.0328. The normalized spacial score (nSPS) is 11.6. The fourth-order valence-electron chi connectivity index (χ4n) is 1.16. The number of ketones is 1. The van der Waals surface area contributed by atoms with E-state index >= 15 is 0 Å². The highest BCUT2D eigenvalue weighted by Crippen LogP contribution is 2.39. The molecule has 0 aliphatic heterocycles. The number of hydrogen-bond acceptors (Lipinski definition) is 2. The monoisotopic (exact) mass is 360 g/mol. The Bertz CT molecular complexity index is 404. The molecule has 0 unspecified atom stereocenters. The van der Waals surface area contributed by atoms with Gasteiger partial charge in [-0.05, 0) is 46.5 Å². The maximum Gasteiger partial charge on any atom is 0.446 e. The molecule has 88 valence electrons. The van der Waals surface area contributed by atoms with Crippen molar-refractivity contribution in [2.24, 2.45) is 0 Å². The molecule has 0 atom stereocenters. The van der Waals surface area contributed by atoms with E-state index in [4.69, 9.17) is 0 Å². The third kappa shape index (κ3) is 3.65. The van der Waals surface area contributed by atoms with Crippen molar-refractivity contribution in [2.75, 3.05) is 0 Å². The van der Waals surface area contributed by atoms with Gasteiger partial charge in [-0.15, -0.1) is 0 Å². The van der Waals surface area contributed by atoms with Crippen molar-refractivity contribution in [3.05, 3.63) is 27.3 Å². The van der Waals surface area contributed by atoms with Crippen LogP contribution in [-0.4, -0.2) is 11.3 Å². The highest BCUT2D eigenvalue weighted by atomic mass is 127. The molecule has 1 nitrogen and oxygen atoms in total. The Morgan fingerprint density at radius 1 is 1.44 bits per heavy atom. The molecule has 0 aromatic heterocycles. The van der Waals surface area contributed by atoms with Crippen molar-refractivity contribution in [1.82, 2.24) is 0 Å². The second kappa shape index (κ2) is 5.39. The third-order valence-corrected chi connectivity index (χ3v) is 3.49. The first-order valence-corrected chi connectivity index (χ1v) is 6.32. The van der Waals surface area contributed by atoms with Gasteiger partial charge in [0.1, 0.15) is 0 Å². The van der Waals surface area contributed by atoms with Crippen molar-refractivity contribution in [3.63, 3.8) is 0 Å². The SMILES string of the molecule is CCC(=O)c1c(I)cccc1SC(F)(F)F. The van der Waals surface area contributed by atoms with E-state index in [9.17, 15) is 18.0 Å². The third-order valence-electron chi connectivity index (χ3n) is 1.80. The molecule has 0 N–H and O–H groups in total. The molecule has 0 radical (unpaired) electrons. The predicted octanol–water partition coefficient (Wildman–Crippen LogP) is 4.50. The standard InChI is InChI=1S/C10H8F3IOS/c1-2-7(15)9-6(14)4-3-5-8(9)16-10(11,12)13/h3-5H,2H2,1H3. The first-order valence-electron chi connectivity index (χ1n) is 4.42. The zero-order chi connectivity index (χ0) is 12.3. The molecule has 0 saturated carbocycles. The highest BCUT2D eigenvalue weighted by Gasteiger charge is 2.31. The van der Waals surface area contributed by atoms with Crippen LogP contribution in [0.1, 0.15) is 23.7 Å². The van der Waals surface area contributed by atoms with E-state index in [1.165, 1.54) is 12.1 Å². The van der Waals surface area contributed by atoms with Gasteiger partial charge in [-0.25, -0.2) is 0 Å².